The Morgan fingerprint density at radius 2 is 2.14 bits per heavy atom. The van der Waals surface area contributed by atoms with E-state index in [0.29, 0.717) is 35.1 Å². The number of rotatable bonds is 4. The Hall–Kier alpha value is -2.70. The predicted molar refractivity (Wildman–Crippen MR) is 72.2 cm³/mol. The van der Waals surface area contributed by atoms with Gasteiger partial charge in [-0.3, -0.25) is 14.5 Å². The molecule has 7 nitrogen and oxygen atoms in total. The first-order chi connectivity index (χ1) is 10.1. The maximum Gasteiger partial charge on any atom is 0.299 e. The molecule has 0 radical (unpaired) electrons. The minimum atomic E-state index is -0.596. The molecule has 0 bridgehead atoms. The molecular formula is C14H13N3O4. The number of amides is 1. The Labute approximate surface area is 120 Å². The quantitative estimate of drug-likeness (QED) is 0.789. The first kappa shape index (κ1) is 13.3. The van der Waals surface area contributed by atoms with Crippen LogP contribution in [-0.4, -0.2) is 28.9 Å². The third-order valence-corrected chi connectivity index (χ3v) is 3.29. The van der Waals surface area contributed by atoms with Crippen LogP contribution in [0.4, 0.5) is 5.69 Å². The standard InChI is InChI=1S/C14H13N3O4/c1-3-12-15-11(16-21-12)7-17-10-6-8(20-2)4-5-9(10)13(18)14(17)19/h4-6H,3,7H2,1-2H3. The van der Waals surface area contributed by atoms with Crippen molar-refractivity contribution in [1.29, 1.82) is 0 Å². The number of Topliss-reactive ketones (excluding diaryl/α,β-unsaturated/α-hetero) is 1. The van der Waals surface area contributed by atoms with Crippen molar-refractivity contribution >= 4 is 17.4 Å². The summed E-state index contributed by atoms with van der Waals surface area (Å²) in [6.45, 7) is 1.98. The van der Waals surface area contributed by atoms with E-state index in [4.69, 9.17) is 9.26 Å². The summed E-state index contributed by atoms with van der Waals surface area (Å²) in [4.78, 5) is 29.5. The van der Waals surface area contributed by atoms with Gasteiger partial charge in [-0.2, -0.15) is 4.98 Å². The zero-order valence-corrected chi connectivity index (χ0v) is 11.6. The average molecular weight is 287 g/mol. The van der Waals surface area contributed by atoms with E-state index >= 15 is 0 Å². The maximum atomic E-state index is 12.1. The van der Waals surface area contributed by atoms with E-state index in [1.165, 1.54) is 12.0 Å². The van der Waals surface area contributed by atoms with Gasteiger partial charge in [0.05, 0.1) is 24.9 Å². The van der Waals surface area contributed by atoms with Crippen LogP contribution in [0, 0.1) is 0 Å². The van der Waals surface area contributed by atoms with Crippen LogP contribution in [0.3, 0.4) is 0 Å². The minimum absolute atomic E-state index is 0.0915. The molecule has 0 aliphatic carbocycles. The number of carbonyl (C=O) groups is 2. The Balaban J connectivity index is 1.96. The van der Waals surface area contributed by atoms with Crippen LogP contribution < -0.4 is 9.64 Å². The Morgan fingerprint density at radius 1 is 1.33 bits per heavy atom. The number of carbonyl (C=O) groups excluding carboxylic acids is 2. The van der Waals surface area contributed by atoms with Crippen molar-refractivity contribution in [2.24, 2.45) is 0 Å². The molecule has 7 heteroatoms. The molecule has 1 aromatic heterocycles. The second-order valence-corrected chi connectivity index (χ2v) is 4.56. The van der Waals surface area contributed by atoms with E-state index in [2.05, 4.69) is 10.1 Å². The van der Waals surface area contributed by atoms with Gasteiger partial charge in [0.15, 0.2) is 5.82 Å². The first-order valence-electron chi connectivity index (χ1n) is 6.49. The number of aryl methyl sites for hydroxylation is 1. The van der Waals surface area contributed by atoms with Crippen molar-refractivity contribution in [3.8, 4) is 5.75 Å². The highest BCUT2D eigenvalue weighted by atomic mass is 16.5. The fourth-order valence-corrected chi connectivity index (χ4v) is 2.20. The van der Waals surface area contributed by atoms with Gasteiger partial charge >= 0.3 is 0 Å². The van der Waals surface area contributed by atoms with E-state index < -0.39 is 11.7 Å². The molecule has 0 N–H and O–H groups in total. The molecule has 0 unspecified atom stereocenters. The molecule has 3 rings (SSSR count). The molecule has 108 valence electrons. The molecule has 0 fully saturated rings. The van der Waals surface area contributed by atoms with E-state index in [0.717, 1.165) is 0 Å². The highest BCUT2D eigenvalue weighted by Gasteiger charge is 2.36. The smallest absolute Gasteiger partial charge is 0.299 e. The summed E-state index contributed by atoms with van der Waals surface area (Å²) < 4.78 is 10.1. The van der Waals surface area contributed by atoms with Gasteiger partial charge in [-0.05, 0) is 12.1 Å². The molecule has 2 aromatic rings. The summed E-state index contributed by atoms with van der Waals surface area (Å²) in [7, 11) is 1.53. The van der Waals surface area contributed by atoms with Gasteiger partial charge < -0.3 is 9.26 Å². The number of fused-ring (bicyclic) bond motifs is 1. The van der Waals surface area contributed by atoms with Crippen molar-refractivity contribution in [1.82, 2.24) is 10.1 Å². The Bertz CT molecular complexity index is 723. The number of hydrogen-bond acceptors (Lipinski definition) is 6. The lowest BCUT2D eigenvalue weighted by molar-refractivity contribution is -0.114. The Kier molecular flexibility index (Phi) is 3.17. The summed E-state index contributed by atoms with van der Waals surface area (Å²) in [6, 6.07) is 4.89. The van der Waals surface area contributed by atoms with Gasteiger partial charge in [0.2, 0.25) is 5.89 Å². The van der Waals surface area contributed by atoms with E-state index in [-0.39, 0.29) is 6.54 Å². The summed E-state index contributed by atoms with van der Waals surface area (Å²) in [5.41, 5.74) is 0.868. The fraction of sp³-hybridized carbons (Fsp3) is 0.286. The lowest BCUT2D eigenvalue weighted by Gasteiger charge is -2.14. The summed E-state index contributed by atoms with van der Waals surface area (Å²) in [5, 5.41) is 3.80. The van der Waals surface area contributed by atoms with Gasteiger partial charge in [-0.15, -0.1) is 0 Å². The molecule has 21 heavy (non-hydrogen) atoms. The van der Waals surface area contributed by atoms with E-state index in [9.17, 15) is 9.59 Å². The number of benzene rings is 1. The Morgan fingerprint density at radius 3 is 2.81 bits per heavy atom. The average Bonchev–Trinajstić information content (AvgIpc) is 3.06. The lowest BCUT2D eigenvalue weighted by Crippen LogP contribution is -2.29. The van der Waals surface area contributed by atoms with Crippen LogP contribution in [0.2, 0.25) is 0 Å². The zero-order valence-electron chi connectivity index (χ0n) is 11.6. The number of ether oxygens (including phenoxy) is 1. The predicted octanol–water partition coefficient (Wildman–Crippen LogP) is 1.37. The van der Waals surface area contributed by atoms with Gasteiger partial charge in [0, 0.05) is 12.5 Å². The molecular weight excluding hydrogens is 274 g/mol. The highest BCUT2D eigenvalue weighted by molar-refractivity contribution is 6.52. The largest absolute Gasteiger partial charge is 0.497 e. The minimum Gasteiger partial charge on any atom is -0.497 e. The molecule has 0 atom stereocenters. The second kappa shape index (κ2) is 5.01. The molecule has 1 aromatic carbocycles. The van der Waals surface area contributed by atoms with Crippen LogP contribution in [0.15, 0.2) is 22.7 Å². The third-order valence-electron chi connectivity index (χ3n) is 3.29. The van der Waals surface area contributed by atoms with Crippen molar-refractivity contribution in [3.05, 3.63) is 35.5 Å². The first-order valence-corrected chi connectivity index (χ1v) is 6.49. The van der Waals surface area contributed by atoms with Crippen molar-refractivity contribution in [2.75, 3.05) is 12.0 Å². The molecule has 2 heterocycles. The van der Waals surface area contributed by atoms with Crippen LogP contribution in [-0.2, 0) is 17.8 Å². The second-order valence-electron chi connectivity index (χ2n) is 4.56. The fourth-order valence-electron chi connectivity index (χ4n) is 2.20. The lowest BCUT2D eigenvalue weighted by atomic mass is 10.1. The molecule has 0 saturated heterocycles. The van der Waals surface area contributed by atoms with Crippen LogP contribution in [0.1, 0.15) is 29.0 Å². The number of ketones is 1. The zero-order chi connectivity index (χ0) is 15.0. The van der Waals surface area contributed by atoms with Crippen molar-refractivity contribution in [3.63, 3.8) is 0 Å². The molecule has 0 spiro atoms. The number of nitrogens with zero attached hydrogens (tertiary/aromatic N) is 3. The number of methoxy groups -OCH3 is 1. The number of anilines is 1. The van der Waals surface area contributed by atoms with Crippen LogP contribution in [0.25, 0.3) is 0 Å². The third kappa shape index (κ3) is 2.16. The summed E-state index contributed by atoms with van der Waals surface area (Å²) in [5.74, 6) is 0.300. The highest BCUT2D eigenvalue weighted by Crippen LogP contribution is 2.33. The van der Waals surface area contributed by atoms with Gasteiger partial charge in [-0.25, -0.2) is 0 Å². The summed E-state index contributed by atoms with van der Waals surface area (Å²) >= 11 is 0. The number of aromatic nitrogens is 2. The molecule has 0 saturated carbocycles. The van der Waals surface area contributed by atoms with Gasteiger partial charge in [0.1, 0.15) is 5.75 Å². The van der Waals surface area contributed by atoms with E-state index in [1.807, 2.05) is 6.92 Å². The maximum absolute atomic E-state index is 12.1. The molecule has 1 amide bonds. The van der Waals surface area contributed by atoms with Gasteiger partial charge in [0.25, 0.3) is 11.7 Å². The molecule has 1 aliphatic heterocycles. The monoisotopic (exact) mass is 287 g/mol. The SMILES string of the molecule is CCc1nc(CN2C(=O)C(=O)c3ccc(OC)cc32)no1. The topological polar surface area (TPSA) is 85.5 Å². The molecule has 1 aliphatic rings. The van der Waals surface area contributed by atoms with Gasteiger partial charge in [-0.1, -0.05) is 12.1 Å². The van der Waals surface area contributed by atoms with Crippen molar-refractivity contribution < 1.29 is 18.8 Å². The van der Waals surface area contributed by atoms with Crippen LogP contribution >= 0.6 is 0 Å². The van der Waals surface area contributed by atoms with Crippen molar-refractivity contribution in [2.45, 2.75) is 19.9 Å². The van der Waals surface area contributed by atoms with E-state index in [1.54, 1.807) is 18.2 Å². The summed E-state index contributed by atoms with van der Waals surface area (Å²) in [6.07, 6.45) is 0.615. The normalized spacial score (nSPS) is 13.7. The van der Waals surface area contributed by atoms with Crippen LogP contribution in [0.5, 0.6) is 5.75 Å². The number of hydrogen-bond donors (Lipinski definition) is 0.